The van der Waals surface area contributed by atoms with Gasteiger partial charge in [0.15, 0.2) is 0 Å². The molecule has 0 bridgehead atoms. The summed E-state index contributed by atoms with van der Waals surface area (Å²) in [5.74, 6) is -1.15. The molecule has 5 nitrogen and oxygen atoms in total. The number of anilines is 2. The number of hydrogen-bond donors (Lipinski definition) is 2. The van der Waals surface area contributed by atoms with Gasteiger partial charge in [0.25, 0.3) is 0 Å². The fraction of sp³-hybridized carbons (Fsp3) is 0.333. The summed E-state index contributed by atoms with van der Waals surface area (Å²) in [5.41, 5.74) is 2.34. The minimum absolute atomic E-state index is 0.137. The summed E-state index contributed by atoms with van der Waals surface area (Å²) >= 11 is 0. The minimum Gasteiger partial charge on any atom is -0.378 e. The Morgan fingerprint density at radius 2 is 1.70 bits per heavy atom. The first-order valence-corrected chi connectivity index (χ1v) is 9.05. The van der Waals surface area contributed by atoms with Crippen molar-refractivity contribution in [3.8, 4) is 0 Å². The molecular formula is C21H24FN3O2. The molecule has 142 valence electrons. The lowest BCUT2D eigenvalue weighted by Crippen LogP contribution is -2.29. The van der Waals surface area contributed by atoms with Gasteiger partial charge in [0, 0.05) is 32.0 Å². The van der Waals surface area contributed by atoms with Crippen LogP contribution in [0.2, 0.25) is 0 Å². The minimum atomic E-state index is -0.299. The van der Waals surface area contributed by atoms with Gasteiger partial charge in [-0.2, -0.15) is 0 Å². The number of rotatable bonds is 7. The van der Waals surface area contributed by atoms with Crippen molar-refractivity contribution in [2.45, 2.75) is 12.8 Å². The van der Waals surface area contributed by atoms with Gasteiger partial charge in [-0.05, 0) is 48.7 Å². The van der Waals surface area contributed by atoms with E-state index in [0.29, 0.717) is 24.9 Å². The summed E-state index contributed by atoms with van der Waals surface area (Å²) in [4.78, 5) is 26.5. The average Bonchev–Trinajstić information content (AvgIpc) is 3.45. The Morgan fingerprint density at radius 1 is 1.04 bits per heavy atom. The van der Waals surface area contributed by atoms with Gasteiger partial charge in [-0.3, -0.25) is 9.59 Å². The van der Waals surface area contributed by atoms with Crippen LogP contribution in [0.25, 0.3) is 0 Å². The molecule has 2 amide bonds. The Kier molecular flexibility index (Phi) is 5.74. The highest BCUT2D eigenvalue weighted by Gasteiger charge is 2.47. The number of nitrogens with one attached hydrogen (secondary N) is 2. The normalized spacial score (nSPS) is 17.9. The van der Waals surface area contributed by atoms with Crippen molar-refractivity contribution >= 4 is 23.2 Å². The maximum absolute atomic E-state index is 13.6. The molecule has 2 unspecified atom stereocenters. The van der Waals surface area contributed by atoms with Crippen LogP contribution in [0.4, 0.5) is 15.8 Å². The van der Waals surface area contributed by atoms with Crippen molar-refractivity contribution in [3.05, 3.63) is 59.9 Å². The molecule has 0 radical (unpaired) electrons. The third-order valence-electron chi connectivity index (χ3n) is 4.77. The molecular weight excluding hydrogens is 345 g/mol. The Balaban J connectivity index is 1.43. The van der Waals surface area contributed by atoms with Gasteiger partial charge < -0.3 is 15.5 Å². The zero-order valence-corrected chi connectivity index (χ0v) is 15.5. The zero-order chi connectivity index (χ0) is 19.4. The SMILES string of the molecule is CN(C)c1ccc(NC(=O)C2CC2C(=O)NCCc2ccccc2F)cc1. The van der Waals surface area contributed by atoms with E-state index in [-0.39, 0.29) is 29.5 Å². The molecule has 2 N–H and O–H groups in total. The van der Waals surface area contributed by atoms with Crippen molar-refractivity contribution in [3.63, 3.8) is 0 Å². The molecule has 27 heavy (non-hydrogen) atoms. The molecule has 2 aromatic carbocycles. The van der Waals surface area contributed by atoms with E-state index in [4.69, 9.17) is 0 Å². The predicted molar refractivity (Wildman–Crippen MR) is 104 cm³/mol. The monoisotopic (exact) mass is 369 g/mol. The maximum atomic E-state index is 13.6. The molecule has 0 saturated heterocycles. The summed E-state index contributed by atoms with van der Waals surface area (Å²) in [6, 6.07) is 14.1. The number of nitrogens with zero attached hydrogens (tertiary/aromatic N) is 1. The van der Waals surface area contributed by atoms with E-state index in [1.165, 1.54) is 6.07 Å². The van der Waals surface area contributed by atoms with Crippen LogP contribution in [0.5, 0.6) is 0 Å². The van der Waals surface area contributed by atoms with Crippen molar-refractivity contribution in [2.24, 2.45) is 11.8 Å². The molecule has 2 aromatic rings. The Hall–Kier alpha value is -2.89. The predicted octanol–water partition coefficient (Wildman–Crippen LogP) is 2.83. The van der Waals surface area contributed by atoms with Gasteiger partial charge in [0.05, 0.1) is 11.8 Å². The van der Waals surface area contributed by atoms with E-state index < -0.39 is 0 Å². The van der Waals surface area contributed by atoms with Crippen molar-refractivity contribution in [1.29, 1.82) is 0 Å². The van der Waals surface area contributed by atoms with Crippen LogP contribution < -0.4 is 15.5 Å². The molecule has 3 rings (SSSR count). The number of carbonyl (C=O) groups is 2. The fourth-order valence-electron chi connectivity index (χ4n) is 3.01. The van der Waals surface area contributed by atoms with Crippen LogP contribution in [0.3, 0.4) is 0 Å². The lowest BCUT2D eigenvalue weighted by atomic mass is 10.1. The van der Waals surface area contributed by atoms with E-state index in [1.54, 1.807) is 18.2 Å². The topological polar surface area (TPSA) is 61.4 Å². The van der Waals surface area contributed by atoms with Crippen LogP contribution >= 0.6 is 0 Å². The van der Waals surface area contributed by atoms with Gasteiger partial charge in [-0.15, -0.1) is 0 Å². The Bertz CT molecular complexity index is 820. The summed E-state index contributed by atoms with van der Waals surface area (Å²) < 4.78 is 13.6. The molecule has 1 aliphatic carbocycles. The molecule has 2 atom stereocenters. The number of halogens is 1. The number of benzene rings is 2. The lowest BCUT2D eigenvalue weighted by Gasteiger charge is -2.13. The first-order chi connectivity index (χ1) is 13.0. The third-order valence-corrected chi connectivity index (χ3v) is 4.77. The van der Waals surface area contributed by atoms with Crippen LogP contribution in [0.15, 0.2) is 48.5 Å². The standard InChI is InChI=1S/C21H24FN3O2/c1-25(2)16-9-7-15(8-10-16)24-21(27)18-13-17(18)20(26)23-12-11-14-5-3-4-6-19(14)22/h3-10,17-18H,11-13H2,1-2H3,(H,23,26)(H,24,27). The highest BCUT2D eigenvalue weighted by Crippen LogP contribution is 2.39. The highest BCUT2D eigenvalue weighted by atomic mass is 19.1. The third kappa shape index (κ3) is 4.84. The second-order valence-corrected chi connectivity index (χ2v) is 7.01. The second-order valence-electron chi connectivity index (χ2n) is 7.01. The second kappa shape index (κ2) is 8.20. The molecule has 0 aliphatic heterocycles. The molecule has 1 fully saturated rings. The van der Waals surface area contributed by atoms with Crippen molar-refractivity contribution < 1.29 is 14.0 Å². The van der Waals surface area contributed by atoms with Gasteiger partial charge >= 0.3 is 0 Å². The van der Waals surface area contributed by atoms with E-state index in [2.05, 4.69) is 10.6 Å². The summed E-state index contributed by atoms with van der Waals surface area (Å²) in [5, 5.41) is 5.66. The Labute approximate surface area is 158 Å². The first kappa shape index (κ1) is 18.9. The average molecular weight is 369 g/mol. The smallest absolute Gasteiger partial charge is 0.228 e. The molecule has 6 heteroatoms. The molecule has 1 aliphatic rings. The van der Waals surface area contributed by atoms with Gasteiger partial charge in [0.2, 0.25) is 11.8 Å². The van der Waals surface area contributed by atoms with Crippen molar-refractivity contribution in [1.82, 2.24) is 5.32 Å². The maximum Gasteiger partial charge on any atom is 0.228 e. The summed E-state index contributed by atoms with van der Waals surface area (Å²) in [7, 11) is 3.90. The van der Waals surface area contributed by atoms with E-state index in [1.807, 2.05) is 43.3 Å². The highest BCUT2D eigenvalue weighted by molar-refractivity contribution is 5.99. The molecule has 1 saturated carbocycles. The van der Waals surface area contributed by atoms with E-state index >= 15 is 0 Å². The number of carbonyl (C=O) groups excluding carboxylic acids is 2. The first-order valence-electron chi connectivity index (χ1n) is 9.05. The number of hydrogen-bond acceptors (Lipinski definition) is 3. The fourth-order valence-corrected chi connectivity index (χ4v) is 3.01. The largest absolute Gasteiger partial charge is 0.378 e. The summed E-state index contributed by atoms with van der Waals surface area (Å²) in [6.07, 6.45) is 0.980. The summed E-state index contributed by atoms with van der Waals surface area (Å²) in [6.45, 7) is 0.358. The zero-order valence-electron chi connectivity index (χ0n) is 15.5. The van der Waals surface area contributed by atoms with Crippen LogP contribution in [-0.4, -0.2) is 32.5 Å². The van der Waals surface area contributed by atoms with Gasteiger partial charge in [0.1, 0.15) is 5.82 Å². The van der Waals surface area contributed by atoms with Gasteiger partial charge in [-0.1, -0.05) is 18.2 Å². The van der Waals surface area contributed by atoms with Gasteiger partial charge in [-0.25, -0.2) is 4.39 Å². The van der Waals surface area contributed by atoms with E-state index in [9.17, 15) is 14.0 Å². The molecule has 0 heterocycles. The van der Waals surface area contributed by atoms with Crippen molar-refractivity contribution in [2.75, 3.05) is 30.9 Å². The Morgan fingerprint density at radius 3 is 2.37 bits per heavy atom. The quantitative estimate of drug-likeness (QED) is 0.789. The molecule has 0 aromatic heterocycles. The molecule has 0 spiro atoms. The van der Waals surface area contributed by atoms with Crippen LogP contribution in [0, 0.1) is 17.7 Å². The van der Waals surface area contributed by atoms with Crippen LogP contribution in [-0.2, 0) is 16.0 Å². The lowest BCUT2D eigenvalue weighted by molar-refractivity contribution is -0.125. The number of amides is 2. The van der Waals surface area contributed by atoms with Crippen LogP contribution in [0.1, 0.15) is 12.0 Å². The van der Waals surface area contributed by atoms with E-state index in [0.717, 1.165) is 11.4 Å².